The fourth-order valence-corrected chi connectivity index (χ4v) is 0.978. The molecule has 0 aliphatic rings. The number of aryl methyl sites for hydroxylation is 1. The van der Waals surface area contributed by atoms with E-state index >= 15 is 0 Å². The van der Waals surface area contributed by atoms with Crippen molar-refractivity contribution in [1.29, 1.82) is 0 Å². The Kier molecular flexibility index (Phi) is 5.14. The zero-order chi connectivity index (χ0) is 11.1. The topological polar surface area (TPSA) is 60.2 Å². The van der Waals surface area contributed by atoms with Crippen LogP contribution >= 0.6 is 0 Å². The third-order valence-corrected chi connectivity index (χ3v) is 1.62. The van der Waals surface area contributed by atoms with Gasteiger partial charge in [-0.15, -0.1) is 0 Å². The van der Waals surface area contributed by atoms with Gasteiger partial charge >= 0.3 is 0 Å². The standard InChI is InChI=1S/C8H7NO3.C2H6/c1-6-3-2-4-8(9(11)12)7(6)5-10;1-2/h2-5H,1H3;1-2H3. The Labute approximate surface area is 82.7 Å². The maximum atomic E-state index is 10.4. The summed E-state index contributed by atoms with van der Waals surface area (Å²) in [6, 6.07) is 4.54. The van der Waals surface area contributed by atoms with E-state index in [-0.39, 0.29) is 11.3 Å². The first-order valence-corrected chi connectivity index (χ1v) is 4.36. The lowest BCUT2D eigenvalue weighted by Gasteiger charge is -1.97. The second-order valence-corrected chi connectivity index (χ2v) is 2.38. The molecule has 0 N–H and O–H groups in total. The van der Waals surface area contributed by atoms with Crippen LogP contribution in [-0.2, 0) is 0 Å². The van der Waals surface area contributed by atoms with Crippen LogP contribution < -0.4 is 0 Å². The van der Waals surface area contributed by atoms with Crippen molar-refractivity contribution in [2.45, 2.75) is 20.8 Å². The molecule has 0 atom stereocenters. The third-order valence-electron chi connectivity index (χ3n) is 1.62. The van der Waals surface area contributed by atoms with Crippen molar-refractivity contribution in [3.05, 3.63) is 39.4 Å². The normalized spacial score (nSPS) is 8.50. The molecule has 0 heterocycles. The Morgan fingerprint density at radius 1 is 1.36 bits per heavy atom. The number of hydrogen-bond acceptors (Lipinski definition) is 3. The summed E-state index contributed by atoms with van der Waals surface area (Å²) in [5.74, 6) is 0. The molecule has 4 heteroatoms. The van der Waals surface area contributed by atoms with E-state index in [1.807, 2.05) is 13.8 Å². The highest BCUT2D eigenvalue weighted by Crippen LogP contribution is 2.18. The van der Waals surface area contributed by atoms with Crippen LogP contribution in [0.15, 0.2) is 18.2 Å². The van der Waals surface area contributed by atoms with E-state index < -0.39 is 4.92 Å². The third kappa shape index (κ3) is 2.65. The molecular weight excluding hydrogens is 182 g/mol. The van der Waals surface area contributed by atoms with E-state index in [0.717, 1.165) is 0 Å². The van der Waals surface area contributed by atoms with Gasteiger partial charge < -0.3 is 0 Å². The molecule has 14 heavy (non-hydrogen) atoms. The van der Waals surface area contributed by atoms with Gasteiger partial charge in [0.1, 0.15) is 0 Å². The summed E-state index contributed by atoms with van der Waals surface area (Å²) in [5, 5.41) is 10.4. The lowest BCUT2D eigenvalue weighted by molar-refractivity contribution is -0.385. The van der Waals surface area contributed by atoms with E-state index in [1.165, 1.54) is 6.07 Å². The predicted molar refractivity (Wildman–Crippen MR) is 54.6 cm³/mol. The number of nitro groups is 1. The molecule has 0 radical (unpaired) electrons. The summed E-state index contributed by atoms with van der Waals surface area (Å²) in [5.41, 5.74) is 0.645. The van der Waals surface area contributed by atoms with Gasteiger partial charge in [-0.05, 0) is 12.5 Å². The highest BCUT2D eigenvalue weighted by molar-refractivity contribution is 5.83. The number of aldehydes is 1. The molecule has 76 valence electrons. The van der Waals surface area contributed by atoms with Gasteiger partial charge in [0, 0.05) is 6.07 Å². The molecule has 0 bridgehead atoms. The number of carbonyl (C=O) groups excluding carboxylic acids is 1. The molecule has 1 aromatic rings. The summed E-state index contributed by atoms with van der Waals surface area (Å²) < 4.78 is 0. The van der Waals surface area contributed by atoms with E-state index in [2.05, 4.69) is 0 Å². The minimum Gasteiger partial charge on any atom is -0.298 e. The summed E-state index contributed by atoms with van der Waals surface area (Å²) in [6.45, 7) is 5.66. The largest absolute Gasteiger partial charge is 0.298 e. The van der Waals surface area contributed by atoms with Crippen LogP contribution in [0.3, 0.4) is 0 Å². The van der Waals surface area contributed by atoms with Gasteiger partial charge in [0.05, 0.1) is 10.5 Å². The molecule has 0 aliphatic heterocycles. The van der Waals surface area contributed by atoms with Crippen molar-refractivity contribution in [3.63, 3.8) is 0 Å². The highest BCUT2D eigenvalue weighted by atomic mass is 16.6. The number of carbonyl (C=O) groups is 1. The number of nitro benzene ring substituents is 1. The zero-order valence-electron chi connectivity index (χ0n) is 8.48. The second-order valence-electron chi connectivity index (χ2n) is 2.38. The fraction of sp³-hybridized carbons (Fsp3) is 0.300. The van der Waals surface area contributed by atoms with Gasteiger partial charge in [0.25, 0.3) is 5.69 Å². The molecule has 0 fully saturated rings. The Hall–Kier alpha value is -1.71. The molecule has 1 aromatic carbocycles. The van der Waals surface area contributed by atoms with Crippen molar-refractivity contribution in [2.24, 2.45) is 0 Å². The second kappa shape index (κ2) is 5.85. The number of hydrogen-bond donors (Lipinski definition) is 0. The van der Waals surface area contributed by atoms with Gasteiger partial charge in [-0.2, -0.15) is 0 Å². The van der Waals surface area contributed by atoms with E-state index in [4.69, 9.17) is 0 Å². The van der Waals surface area contributed by atoms with Crippen molar-refractivity contribution in [3.8, 4) is 0 Å². The smallest absolute Gasteiger partial charge is 0.280 e. The molecule has 0 saturated carbocycles. The van der Waals surface area contributed by atoms with Gasteiger partial charge in [-0.25, -0.2) is 0 Å². The SMILES string of the molecule is CC.Cc1cccc([N+](=O)[O-])c1C=O. The van der Waals surface area contributed by atoms with Crippen LogP contribution in [0.2, 0.25) is 0 Å². The van der Waals surface area contributed by atoms with Crippen LogP contribution in [0, 0.1) is 17.0 Å². The minimum atomic E-state index is -0.559. The summed E-state index contributed by atoms with van der Waals surface area (Å²) in [6.07, 6.45) is 0.507. The molecule has 0 saturated heterocycles. The Morgan fingerprint density at radius 3 is 2.29 bits per heavy atom. The number of nitrogens with zero attached hydrogens (tertiary/aromatic N) is 1. The Bertz CT molecular complexity index is 334. The first-order chi connectivity index (χ1) is 6.66. The zero-order valence-corrected chi connectivity index (χ0v) is 8.48. The van der Waals surface area contributed by atoms with E-state index in [0.29, 0.717) is 11.8 Å². The van der Waals surface area contributed by atoms with Crippen LogP contribution in [0.1, 0.15) is 29.8 Å². The average molecular weight is 195 g/mol. The first-order valence-electron chi connectivity index (χ1n) is 4.36. The lowest BCUT2D eigenvalue weighted by atomic mass is 10.1. The van der Waals surface area contributed by atoms with Gasteiger partial charge in [-0.1, -0.05) is 26.0 Å². The minimum absolute atomic E-state index is 0.134. The molecule has 0 amide bonds. The van der Waals surface area contributed by atoms with Crippen molar-refractivity contribution in [2.75, 3.05) is 0 Å². The molecule has 4 nitrogen and oxygen atoms in total. The van der Waals surface area contributed by atoms with Crippen molar-refractivity contribution in [1.82, 2.24) is 0 Å². The quantitative estimate of drug-likeness (QED) is 0.414. The number of benzene rings is 1. The fourth-order valence-electron chi connectivity index (χ4n) is 0.978. The molecular formula is C10H13NO3. The predicted octanol–water partition coefficient (Wildman–Crippen LogP) is 2.74. The van der Waals surface area contributed by atoms with Crippen molar-refractivity contribution < 1.29 is 9.72 Å². The molecule has 0 unspecified atom stereocenters. The molecule has 0 aromatic heterocycles. The van der Waals surface area contributed by atoms with E-state index in [1.54, 1.807) is 19.1 Å². The lowest BCUT2D eigenvalue weighted by Crippen LogP contribution is -1.96. The van der Waals surface area contributed by atoms with Gasteiger partial charge in [0.2, 0.25) is 0 Å². The Balaban J connectivity index is 0.000000791. The van der Waals surface area contributed by atoms with Crippen LogP contribution in [0.25, 0.3) is 0 Å². The van der Waals surface area contributed by atoms with E-state index in [9.17, 15) is 14.9 Å². The van der Waals surface area contributed by atoms with Crippen LogP contribution in [-0.4, -0.2) is 11.2 Å². The summed E-state index contributed by atoms with van der Waals surface area (Å²) in [4.78, 5) is 20.3. The van der Waals surface area contributed by atoms with Gasteiger partial charge in [-0.3, -0.25) is 14.9 Å². The van der Waals surface area contributed by atoms with Crippen LogP contribution in [0.5, 0.6) is 0 Å². The summed E-state index contributed by atoms with van der Waals surface area (Å²) >= 11 is 0. The maximum Gasteiger partial charge on any atom is 0.280 e. The molecule has 0 aliphatic carbocycles. The maximum absolute atomic E-state index is 10.4. The average Bonchev–Trinajstić information content (AvgIpc) is 2.20. The van der Waals surface area contributed by atoms with Crippen molar-refractivity contribution >= 4 is 12.0 Å². The summed E-state index contributed by atoms with van der Waals surface area (Å²) in [7, 11) is 0. The number of rotatable bonds is 2. The van der Waals surface area contributed by atoms with Gasteiger partial charge in [0.15, 0.2) is 6.29 Å². The molecule has 0 spiro atoms. The molecule has 1 rings (SSSR count). The Morgan fingerprint density at radius 2 is 1.93 bits per heavy atom. The highest BCUT2D eigenvalue weighted by Gasteiger charge is 2.13. The van der Waals surface area contributed by atoms with Crippen LogP contribution in [0.4, 0.5) is 5.69 Å². The monoisotopic (exact) mass is 195 g/mol. The first kappa shape index (κ1) is 12.3.